The van der Waals surface area contributed by atoms with Gasteiger partial charge in [-0.2, -0.15) is 0 Å². The zero-order valence-corrected chi connectivity index (χ0v) is 10.3. The summed E-state index contributed by atoms with van der Waals surface area (Å²) in [5.74, 6) is 2.11. The number of fused-ring (bicyclic) bond motifs is 1. The van der Waals surface area contributed by atoms with Gasteiger partial charge in [0.2, 0.25) is 6.79 Å². The van der Waals surface area contributed by atoms with Crippen LogP contribution < -0.4 is 14.2 Å². The Labute approximate surface area is 111 Å². The number of benzene rings is 2. The van der Waals surface area contributed by atoms with Crippen molar-refractivity contribution in [1.82, 2.24) is 0 Å². The molecule has 3 rings (SSSR count). The highest BCUT2D eigenvalue weighted by Crippen LogP contribution is 2.34. The Hall–Kier alpha value is -2.20. The summed E-state index contributed by atoms with van der Waals surface area (Å²) < 4.78 is 16.0. The van der Waals surface area contributed by atoms with Crippen LogP contribution in [0.2, 0.25) is 0 Å². The minimum atomic E-state index is -0.699. The van der Waals surface area contributed by atoms with Crippen molar-refractivity contribution in [3.8, 4) is 17.2 Å². The quantitative estimate of drug-likeness (QED) is 0.915. The first-order valence-electron chi connectivity index (χ1n) is 6.08. The fraction of sp³-hybridized carbons (Fsp3) is 0.200. The molecular formula is C15H14O4. The Balaban J connectivity index is 1.65. The summed E-state index contributed by atoms with van der Waals surface area (Å²) in [6.07, 6.45) is -0.699. The minimum Gasteiger partial charge on any atom is -0.491 e. The highest BCUT2D eigenvalue weighted by atomic mass is 16.7. The van der Waals surface area contributed by atoms with Gasteiger partial charge < -0.3 is 19.3 Å². The van der Waals surface area contributed by atoms with Gasteiger partial charge in [0.1, 0.15) is 18.5 Å². The minimum absolute atomic E-state index is 0.198. The Morgan fingerprint density at radius 3 is 2.68 bits per heavy atom. The molecule has 2 aromatic carbocycles. The molecule has 1 heterocycles. The molecule has 0 aliphatic carbocycles. The van der Waals surface area contributed by atoms with Crippen LogP contribution in [0.3, 0.4) is 0 Å². The Morgan fingerprint density at radius 1 is 1.05 bits per heavy atom. The molecule has 1 N–H and O–H groups in total. The predicted octanol–water partition coefficient (Wildman–Crippen LogP) is 2.53. The van der Waals surface area contributed by atoms with E-state index in [1.165, 1.54) is 0 Å². The molecule has 98 valence electrons. The molecule has 0 fully saturated rings. The van der Waals surface area contributed by atoms with Gasteiger partial charge in [0, 0.05) is 0 Å². The molecule has 0 saturated heterocycles. The van der Waals surface area contributed by atoms with E-state index in [0.29, 0.717) is 11.5 Å². The van der Waals surface area contributed by atoms with Crippen LogP contribution in [0.1, 0.15) is 11.7 Å². The van der Waals surface area contributed by atoms with E-state index in [9.17, 15) is 5.11 Å². The zero-order valence-electron chi connectivity index (χ0n) is 10.3. The molecule has 1 atom stereocenters. The lowest BCUT2D eigenvalue weighted by Gasteiger charge is -2.13. The monoisotopic (exact) mass is 258 g/mol. The van der Waals surface area contributed by atoms with Gasteiger partial charge in [0.15, 0.2) is 11.5 Å². The molecule has 1 aliphatic heterocycles. The Bertz CT molecular complexity index is 553. The van der Waals surface area contributed by atoms with Crippen LogP contribution >= 0.6 is 0 Å². The Kier molecular flexibility index (Phi) is 3.25. The van der Waals surface area contributed by atoms with Gasteiger partial charge in [-0.25, -0.2) is 0 Å². The van der Waals surface area contributed by atoms with E-state index in [4.69, 9.17) is 14.2 Å². The molecule has 19 heavy (non-hydrogen) atoms. The zero-order chi connectivity index (χ0) is 13.1. The first kappa shape index (κ1) is 11.9. The van der Waals surface area contributed by atoms with Gasteiger partial charge >= 0.3 is 0 Å². The average molecular weight is 258 g/mol. The first-order valence-corrected chi connectivity index (χ1v) is 6.08. The number of aliphatic hydroxyl groups excluding tert-OH is 1. The number of aliphatic hydroxyl groups is 1. The summed E-state index contributed by atoms with van der Waals surface area (Å²) in [4.78, 5) is 0. The average Bonchev–Trinajstić information content (AvgIpc) is 2.93. The van der Waals surface area contributed by atoms with Crippen LogP contribution in [0.5, 0.6) is 17.2 Å². The van der Waals surface area contributed by atoms with Crippen LogP contribution in [0.15, 0.2) is 48.5 Å². The van der Waals surface area contributed by atoms with E-state index in [1.807, 2.05) is 36.4 Å². The lowest BCUT2D eigenvalue weighted by Crippen LogP contribution is -2.09. The molecule has 1 unspecified atom stereocenters. The molecule has 1 aliphatic rings. The second kappa shape index (κ2) is 5.20. The Morgan fingerprint density at radius 2 is 1.84 bits per heavy atom. The first-order chi connectivity index (χ1) is 9.33. The third-order valence-electron chi connectivity index (χ3n) is 2.93. The van der Waals surface area contributed by atoms with Crippen LogP contribution in [0.25, 0.3) is 0 Å². The number of para-hydroxylation sites is 1. The topological polar surface area (TPSA) is 47.9 Å². The standard InChI is InChI=1S/C15H14O4/c16-13(9-17-12-4-2-1-3-5-12)11-6-7-14-15(8-11)19-10-18-14/h1-8,13,16H,9-10H2. The third-order valence-corrected chi connectivity index (χ3v) is 2.93. The molecule has 4 nitrogen and oxygen atoms in total. The number of hydrogen-bond donors (Lipinski definition) is 1. The maximum absolute atomic E-state index is 10.1. The van der Waals surface area contributed by atoms with Gasteiger partial charge in [0.05, 0.1) is 0 Å². The summed E-state index contributed by atoms with van der Waals surface area (Å²) in [5.41, 5.74) is 0.750. The molecule has 0 bridgehead atoms. The van der Waals surface area contributed by atoms with Crippen molar-refractivity contribution in [3.63, 3.8) is 0 Å². The van der Waals surface area contributed by atoms with Crippen molar-refractivity contribution in [2.24, 2.45) is 0 Å². The van der Waals surface area contributed by atoms with Crippen molar-refractivity contribution in [2.75, 3.05) is 13.4 Å². The fourth-order valence-corrected chi connectivity index (χ4v) is 1.91. The van der Waals surface area contributed by atoms with Gasteiger partial charge in [-0.05, 0) is 29.8 Å². The largest absolute Gasteiger partial charge is 0.491 e. The van der Waals surface area contributed by atoms with Crippen molar-refractivity contribution < 1.29 is 19.3 Å². The maximum Gasteiger partial charge on any atom is 0.231 e. The summed E-state index contributed by atoms with van der Waals surface area (Å²) in [6.45, 7) is 0.430. The van der Waals surface area contributed by atoms with Crippen molar-refractivity contribution >= 4 is 0 Å². The summed E-state index contributed by atoms with van der Waals surface area (Å²) in [6, 6.07) is 14.8. The van der Waals surface area contributed by atoms with Gasteiger partial charge in [-0.15, -0.1) is 0 Å². The lowest BCUT2D eigenvalue weighted by atomic mass is 10.1. The smallest absolute Gasteiger partial charge is 0.231 e. The number of rotatable bonds is 4. The van der Waals surface area contributed by atoms with Crippen molar-refractivity contribution in [3.05, 3.63) is 54.1 Å². The summed E-state index contributed by atoms with van der Waals surface area (Å²) >= 11 is 0. The van der Waals surface area contributed by atoms with Crippen LogP contribution in [0, 0.1) is 0 Å². The molecule has 4 heteroatoms. The van der Waals surface area contributed by atoms with E-state index < -0.39 is 6.10 Å². The summed E-state index contributed by atoms with van der Waals surface area (Å²) in [7, 11) is 0. The van der Waals surface area contributed by atoms with E-state index >= 15 is 0 Å². The molecule has 0 spiro atoms. The van der Waals surface area contributed by atoms with Crippen LogP contribution in [0.4, 0.5) is 0 Å². The predicted molar refractivity (Wildman–Crippen MR) is 69.5 cm³/mol. The third kappa shape index (κ3) is 2.63. The van der Waals surface area contributed by atoms with Crippen LogP contribution in [-0.2, 0) is 0 Å². The number of ether oxygens (including phenoxy) is 3. The van der Waals surface area contributed by atoms with E-state index in [0.717, 1.165) is 11.3 Å². The fourth-order valence-electron chi connectivity index (χ4n) is 1.91. The van der Waals surface area contributed by atoms with Gasteiger partial charge in [-0.3, -0.25) is 0 Å². The molecular weight excluding hydrogens is 244 g/mol. The lowest BCUT2D eigenvalue weighted by molar-refractivity contribution is 0.108. The SMILES string of the molecule is OC(COc1ccccc1)c1ccc2c(c1)OCO2. The van der Waals surface area contributed by atoms with E-state index in [2.05, 4.69) is 0 Å². The molecule has 0 saturated carbocycles. The molecule has 0 radical (unpaired) electrons. The van der Waals surface area contributed by atoms with Crippen LogP contribution in [-0.4, -0.2) is 18.5 Å². The highest BCUT2D eigenvalue weighted by molar-refractivity contribution is 5.45. The summed E-state index contributed by atoms with van der Waals surface area (Å²) in [5, 5.41) is 10.1. The second-order valence-corrected chi connectivity index (χ2v) is 4.25. The van der Waals surface area contributed by atoms with Crippen molar-refractivity contribution in [2.45, 2.75) is 6.10 Å². The van der Waals surface area contributed by atoms with Gasteiger partial charge in [0.25, 0.3) is 0 Å². The maximum atomic E-state index is 10.1. The van der Waals surface area contributed by atoms with E-state index in [1.54, 1.807) is 12.1 Å². The molecule has 0 aromatic heterocycles. The highest BCUT2D eigenvalue weighted by Gasteiger charge is 2.16. The van der Waals surface area contributed by atoms with Gasteiger partial charge in [-0.1, -0.05) is 24.3 Å². The van der Waals surface area contributed by atoms with Crippen molar-refractivity contribution in [1.29, 1.82) is 0 Å². The normalized spacial score (nSPS) is 14.2. The number of hydrogen-bond acceptors (Lipinski definition) is 4. The van der Waals surface area contributed by atoms with E-state index in [-0.39, 0.29) is 13.4 Å². The second-order valence-electron chi connectivity index (χ2n) is 4.25. The molecule has 2 aromatic rings. The molecule has 0 amide bonds.